The van der Waals surface area contributed by atoms with Gasteiger partial charge in [0.1, 0.15) is 10.6 Å². The number of esters is 1. The maximum atomic E-state index is 12.3. The number of thiophene rings is 1. The van der Waals surface area contributed by atoms with Crippen molar-refractivity contribution in [2.24, 2.45) is 0 Å². The number of benzene rings is 1. The molecule has 0 amide bonds. The maximum Gasteiger partial charge on any atom is 0.350 e. The fourth-order valence-electron chi connectivity index (χ4n) is 2.30. The van der Waals surface area contributed by atoms with E-state index in [0.717, 1.165) is 5.69 Å². The number of hydrogen-bond acceptors (Lipinski definition) is 5. The van der Waals surface area contributed by atoms with E-state index in [9.17, 15) is 9.59 Å². The Balaban J connectivity index is 1.70. The van der Waals surface area contributed by atoms with E-state index in [1.54, 1.807) is 24.3 Å². The molecule has 0 fully saturated rings. The van der Waals surface area contributed by atoms with Crippen LogP contribution < -0.4 is 4.74 Å². The lowest BCUT2D eigenvalue weighted by Crippen LogP contribution is -2.15. The van der Waals surface area contributed by atoms with E-state index in [2.05, 4.69) is 0 Å². The molecular formula is C18H15NO4S. The van der Waals surface area contributed by atoms with Crippen molar-refractivity contribution in [3.8, 4) is 11.4 Å². The Morgan fingerprint density at radius 1 is 1.08 bits per heavy atom. The van der Waals surface area contributed by atoms with Gasteiger partial charge in [0, 0.05) is 12.4 Å². The second kappa shape index (κ2) is 7.14. The topological polar surface area (TPSA) is 57.5 Å². The summed E-state index contributed by atoms with van der Waals surface area (Å²) in [5.41, 5.74) is 1.13. The molecule has 0 radical (unpaired) electrons. The lowest BCUT2D eigenvalue weighted by Gasteiger charge is -2.08. The summed E-state index contributed by atoms with van der Waals surface area (Å²) in [4.78, 5) is 25.0. The Labute approximate surface area is 143 Å². The minimum absolute atomic E-state index is 0.306. The van der Waals surface area contributed by atoms with Gasteiger partial charge >= 0.3 is 5.97 Å². The Bertz CT molecular complexity index is 852. The number of rotatable bonds is 6. The van der Waals surface area contributed by atoms with Crippen molar-refractivity contribution in [2.75, 3.05) is 13.7 Å². The zero-order valence-corrected chi connectivity index (χ0v) is 13.8. The Kier molecular flexibility index (Phi) is 4.77. The van der Waals surface area contributed by atoms with Gasteiger partial charge in [-0.2, -0.15) is 0 Å². The van der Waals surface area contributed by atoms with Crippen LogP contribution in [0.25, 0.3) is 5.69 Å². The number of aromatic nitrogens is 1. The molecule has 3 rings (SSSR count). The van der Waals surface area contributed by atoms with Crippen molar-refractivity contribution in [2.45, 2.75) is 0 Å². The highest BCUT2D eigenvalue weighted by atomic mass is 32.1. The number of carbonyl (C=O) groups is 2. The molecule has 0 N–H and O–H groups in total. The van der Waals surface area contributed by atoms with E-state index in [1.165, 1.54) is 18.4 Å². The van der Waals surface area contributed by atoms with Crippen LogP contribution in [0.2, 0.25) is 0 Å². The number of nitrogens with zero attached hydrogens (tertiary/aromatic N) is 1. The first-order valence-electron chi connectivity index (χ1n) is 7.25. The summed E-state index contributed by atoms with van der Waals surface area (Å²) in [6.07, 6.45) is 3.69. The molecule has 0 aliphatic rings. The number of ether oxygens (including phenoxy) is 2. The molecule has 2 heterocycles. The minimum atomic E-state index is -0.517. The summed E-state index contributed by atoms with van der Waals surface area (Å²) in [6, 6.07) is 12.4. The summed E-state index contributed by atoms with van der Waals surface area (Å²) in [5, 5.41) is 1.81. The molecule has 0 spiro atoms. The van der Waals surface area contributed by atoms with E-state index in [4.69, 9.17) is 9.47 Å². The third-order valence-electron chi connectivity index (χ3n) is 3.45. The second-order valence-corrected chi connectivity index (χ2v) is 5.84. The molecule has 3 aromatic rings. The monoisotopic (exact) mass is 341 g/mol. The van der Waals surface area contributed by atoms with Gasteiger partial charge in [0.15, 0.2) is 6.61 Å². The van der Waals surface area contributed by atoms with Crippen LogP contribution in [0.3, 0.4) is 0 Å². The van der Waals surface area contributed by atoms with Gasteiger partial charge < -0.3 is 14.0 Å². The number of Topliss-reactive ketones (excluding diaryl/α,β-unsaturated/α-hetero) is 1. The molecule has 0 atom stereocenters. The predicted octanol–water partition coefficient (Wildman–Crippen LogP) is 3.59. The third kappa shape index (κ3) is 3.23. The predicted molar refractivity (Wildman–Crippen MR) is 91.3 cm³/mol. The van der Waals surface area contributed by atoms with Gasteiger partial charge in [0.25, 0.3) is 0 Å². The molecule has 5 nitrogen and oxygen atoms in total. The normalized spacial score (nSPS) is 10.4. The molecule has 0 saturated carbocycles. The molecule has 122 valence electrons. The van der Waals surface area contributed by atoms with Gasteiger partial charge in [-0.3, -0.25) is 4.79 Å². The van der Waals surface area contributed by atoms with Gasteiger partial charge in [0.2, 0.25) is 5.78 Å². The lowest BCUT2D eigenvalue weighted by atomic mass is 10.1. The van der Waals surface area contributed by atoms with Gasteiger partial charge in [-0.1, -0.05) is 12.1 Å². The lowest BCUT2D eigenvalue weighted by molar-refractivity contribution is 0.0479. The average molecular weight is 341 g/mol. The molecule has 0 aliphatic heterocycles. The molecular weight excluding hydrogens is 326 g/mol. The van der Waals surface area contributed by atoms with Crippen molar-refractivity contribution < 1.29 is 19.1 Å². The molecule has 0 saturated heterocycles. The summed E-state index contributed by atoms with van der Waals surface area (Å²) in [6.45, 7) is -0.331. The number of methoxy groups -OCH3 is 1. The molecule has 6 heteroatoms. The molecule has 0 bridgehead atoms. The van der Waals surface area contributed by atoms with Crippen LogP contribution in [0.1, 0.15) is 20.0 Å². The number of para-hydroxylation sites is 1. The zero-order valence-electron chi connectivity index (χ0n) is 13.0. The number of carbonyl (C=O) groups excluding carboxylic acids is 2. The van der Waals surface area contributed by atoms with E-state index in [-0.39, 0.29) is 12.4 Å². The van der Waals surface area contributed by atoms with Crippen molar-refractivity contribution in [3.05, 3.63) is 70.7 Å². The van der Waals surface area contributed by atoms with Crippen LogP contribution in [-0.2, 0) is 4.74 Å². The van der Waals surface area contributed by atoms with E-state index < -0.39 is 5.97 Å². The smallest absolute Gasteiger partial charge is 0.350 e. The van der Waals surface area contributed by atoms with Crippen LogP contribution in [0.4, 0.5) is 0 Å². The van der Waals surface area contributed by atoms with E-state index >= 15 is 0 Å². The standard InChI is InChI=1S/C18H15NO4S/c1-22-16-7-3-2-6-13(16)15(20)12-23-18(21)17-14(8-11-24-17)19-9-4-5-10-19/h2-11H,12H2,1H3. The van der Waals surface area contributed by atoms with Crippen LogP contribution >= 0.6 is 11.3 Å². The summed E-state index contributed by atoms with van der Waals surface area (Å²) >= 11 is 1.28. The number of ketones is 1. The van der Waals surface area contributed by atoms with E-state index in [1.807, 2.05) is 40.5 Å². The molecule has 2 aromatic heterocycles. The fourth-order valence-corrected chi connectivity index (χ4v) is 3.09. The maximum absolute atomic E-state index is 12.3. The first-order chi connectivity index (χ1) is 11.7. The first kappa shape index (κ1) is 16.0. The van der Waals surface area contributed by atoms with Crippen LogP contribution in [-0.4, -0.2) is 30.0 Å². The van der Waals surface area contributed by atoms with Crippen LogP contribution in [0.15, 0.2) is 60.2 Å². The highest BCUT2D eigenvalue weighted by Gasteiger charge is 2.19. The average Bonchev–Trinajstić information content (AvgIpc) is 3.29. The van der Waals surface area contributed by atoms with Gasteiger partial charge in [-0.15, -0.1) is 11.3 Å². The van der Waals surface area contributed by atoms with E-state index in [0.29, 0.717) is 16.2 Å². The van der Waals surface area contributed by atoms with Crippen LogP contribution in [0, 0.1) is 0 Å². The molecule has 0 unspecified atom stereocenters. The Morgan fingerprint density at radius 3 is 2.58 bits per heavy atom. The van der Waals surface area contributed by atoms with Gasteiger partial charge in [-0.05, 0) is 35.7 Å². The molecule has 1 aromatic carbocycles. The van der Waals surface area contributed by atoms with Crippen molar-refractivity contribution >= 4 is 23.1 Å². The molecule has 0 aliphatic carbocycles. The summed E-state index contributed by atoms with van der Waals surface area (Å²) in [5.74, 6) is -0.362. The number of hydrogen-bond donors (Lipinski definition) is 0. The second-order valence-electron chi connectivity index (χ2n) is 4.92. The van der Waals surface area contributed by atoms with Gasteiger partial charge in [-0.25, -0.2) is 4.79 Å². The Morgan fingerprint density at radius 2 is 1.83 bits per heavy atom. The van der Waals surface area contributed by atoms with Crippen LogP contribution in [0.5, 0.6) is 5.75 Å². The zero-order chi connectivity index (χ0) is 16.9. The van der Waals surface area contributed by atoms with Crippen molar-refractivity contribution in [1.29, 1.82) is 0 Å². The fraction of sp³-hybridized carbons (Fsp3) is 0.111. The quantitative estimate of drug-likeness (QED) is 0.508. The highest BCUT2D eigenvalue weighted by Crippen LogP contribution is 2.23. The summed E-state index contributed by atoms with van der Waals surface area (Å²) < 4.78 is 12.2. The Hall–Kier alpha value is -2.86. The molecule has 24 heavy (non-hydrogen) atoms. The van der Waals surface area contributed by atoms with Crippen molar-refractivity contribution in [3.63, 3.8) is 0 Å². The largest absolute Gasteiger partial charge is 0.496 e. The minimum Gasteiger partial charge on any atom is -0.496 e. The summed E-state index contributed by atoms with van der Waals surface area (Å²) in [7, 11) is 1.49. The third-order valence-corrected chi connectivity index (χ3v) is 4.34. The van der Waals surface area contributed by atoms with Gasteiger partial charge in [0.05, 0.1) is 18.4 Å². The highest BCUT2D eigenvalue weighted by molar-refractivity contribution is 7.12. The SMILES string of the molecule is COc1ccccc1C(=O)COC(=O)c1sccc1-n1cccc1. The first-order valence-corrected chi connectivity index (χ1v) is 8.13. The van der Waals surface area contributed by atoms with Crippen molar-refractivity contribution in [1.82, 2.24) is 4.57 Å².